The van der Waals surface area contributed by atoms with E-state index in [-0.39, 0.29) is 5.78 Å². The number of Topliss-reactive ketones (excluding diaryl/α,β-unsaturated/α-hetero) is 1. The summed E-state index contributed by atoms with van der Waals surface area (Å²) in [5, 5.41) is 0. The van der Waals surface area contributed by atoms with Crippen molar-refractivity contribution in [1.29, 1.82) is 0 Å². The molecule has 3 nitrogen and oxygen atoms in total. The van der Waals surface area contributed by atoms with E-state index in [0.717, 1.165) is 12.0 Å². The molecule has 0 spiro atoms. The minimum absolute atomic E-state index is 0.0175. The molecule has 0 fully saturated rings. The summed E-state index contributed by atoms with van der Waals surface area (Å²) in [7, 11) is 1.59. The number of fused-ring (bicyclic) bond motifs is 1. The number of benzene rings is 2. The van der Waals surface area contributed by atoms with Gasteiger partial charge in [-0.3, -0.25) is 4.79 Å². The Morgan fingerprint density at radius 1 is 1.20 bits per heavy atom. The van der Waals surface area contributed by atoms with Gasteiger partial charge in [0.25, 0.3) is 0 Å². The molecule has 102 valence electrons. The Kier molecular flexibility index (Phi) is 3.52. The maximum Gasteiger partial charge on any atom is 0.196 e. The molecule has 1 atom stereocenters. The van der Waals surface area contributed by atoms with Gasteiger partial charge < -0.3 is 9.47 Å². The fourth-order valence-electron chi connectivity index (χ4n) is 2.54. The first-order valence-electron chi connectivity index (χ1n) is 6.67. The molecule has 0 aromatic heterocycles. The molecule has 0 aliphatic carbocycles. The van der Waals surface area contributed by atoms with Gasteiger partial charge in [-0.1, -0.05) is 36.4 Å². The van der Waals surface area contributed by atoms with Crippen LogP contribution in [-0.4, -0.2) is 19.5 Å². The summed E-state index contributed by atoms with van der Waals surface area (Å²) in [5.74, 6) is 0.663. The van der Waals surface area contributed by atoms with Crippen LogP contribution in [0.5, 0.6) is 5.75 Å². The highest BCUT2D eigenvalue weighted by molar-refractivity contribution is 6.00. The highest BCUT2D eigenvalue weighted by Crippen LogP contribution is 2.30. The van der Waals surface area contributed by atoms with Gasteiger partial charge in [-0.2, -0.15) is 0 Å². The van der Waals surface area contributed by atoms with Crippen LogP contribution in [-0.2, 0) is 11.2 Å². The molecule has 0 bridgehead atoms. The summed E-state index contributed by atoms with van der Waals surface area (Å²) in [6.45, 7) is 0.581. The van der Waals surface area contributed by atoms with Gasteiger partial charge >= 0.3 is 0 Å². The van der Waals surface area contributed by atoms with E-state index >= 15 is 0 Å². The van der Waals surface area contributed by atoms with Crippen molar-refractivity contribution in [3.8, 4) is 5.75 Å². The third kappa shape index (κ3) is 2.32. The predicted molar refractivity (Wildman–Crippen MR) is 76.2 cm³/mol. The molecule has 0 saturated heterocycles. The van der Waals surface area contributed by atoms with Crippen LogP contribution in [0.2, 0.25) is 0 Å². The quantitative estimate of drug-likeness (QED) is 0.802. The standard InChI is InChI=1S/C17H16O3/c1-19-14-7-4-6-13(11-14)16(18)17-15-8-3-2-5-12(15)9-10-20-17/h2-8,11,17H,9-10H2,1H3. The highest BCUT2D eigenvalue weighted by atomic mass is 16.5. The van der Waals surface area contributed by atoms with Gasteiger partial charge in [0, 0.05) is 5.56 Å². The van der Waals surface area contributed by atoms with E-state index in [9.17, 15) is 4.79 Å². The summed E-state index contributed by atoms with van der Waals surface area (Å²) in [5.41, 5.74) is 2.79. The smallest absolute Gasteiger partial charge is 0.196 e. The number of ketones is 1. The van der Waals surface area contributed by atoms with Crippen LogP contribution in [0.3, 0.4) is 0 Å². The van der Waals surface area contributed by atoms with E-state index < -0.39 is 6.10 Å². The van der Waals surface area contributed by atoms with Crippen LogP contribution in [0, 0.1) is 0 Å². The van der Waals surface area contributed by atoms with Gasteiger partial charge in [-0.15, -0.1) is 0 Å². The van der Waals surface area contributed by atoms with Crippen LogP contribution in [0.15, 0.2) is 48.5 Å². The number of hydrogen-bond acceptors (Lipinski definition) is 3. The van der Waals surface area contributed by atoms with Crippen molar-refractivity contribution in [3.63, 3.8) is 0 Å². The number of hydrogen-bond donors (Lipinski definition) is 0. The van der Waals surface area contributed by atoms with Crippen molar-refractivity contribution < 1.29 is 14.3 Å². The van der Waals surface area contributed by atoms with E-state index in [0.29, 0.717) is 17.9 Å². The lowest BCUT2D eigenvalue weighted by Crippen LogP contribution is -2.23. The fourth-order valence-corrected chi connectivity index (χ4v) is 2.54. The summed E-state index contributed by atoms with van der Waals surface area (Å²) in [4.78, 5) is 12.7. The molecule has 2 aromatic rings. The van der Waals surface area contributed by atoms with E-state index in [1.165, 1.54) is 5.56 Å². The summed E-state index contributed by atoms with van der Waals surface area (Å²) < 4.78 is 10.9. The second-order valence-corrected chi connectivity index (χ2v) is 4.80. The molecule has 1 unspecified atom stereocenters. The zero-order valence-electron chi connectivity index (χ0n) is 11.3. The molecule has 2 aromatic carbocycles. The third-order valence-corrected chi connectivity index (χ3v) is 3.59. The monoisotopic (exact) mass is 268 g/mol. The second-order valence-electron chi connectivity index (χ2n) is 4.80. The Morgan fingerprint density at radius 3 is 2.90 bits per heavy atom. The van der Waals surface area contributed by atoms with Crippen LogP contribution in [0.25, 0.3) is 0 Å². The second kappa shape index (κ2) is 5.47. The van der Waals surface area contributed by atoms with Crippen molar-refractivity contribution in [2.75, 3.05) is 13.7 Å². The SMILES string of the molecule is COc1cccc(C(=O)C2OCCc3ccccc32)c1. The third-order valence-electron chi connectivity index (χ3n) is 3.59. The zero-order chi connectivity index (χ0) is 13.9. The molecular formula is C17H16O3. The molecular weight excluding hydrogens is 252 g/mol. The van der Waals surface area contributed by atoms with Crippen molar-refractivity contribution >= 4 is 5.78 Å². The molecule has 3 heteroatoms. The normalized spacial score (nSPS) is 17.4. The molecule has 0 radical (unpaired) electrons. The Labute approximate surface area is 118 Å². The number of carbonyl (C=O) groups excluding carboxylic acids is 1. The lowest BCUT2D eigenvalue weighted by molar-refractivity contribution is 0.0349. The molecule has 3 rings (SSSR count). The minimum atomic E-state index is -0.507. The van der Waals surface area contributed by atoms with Crippen molar-refractivity contribution in [3.05, 3.63) is 65.2 Å². The van der Waals surface area contributed by atoms with Crippen LogP contribution < -0.4 is 4.74 Å². The number of ether oxygens (including phenoxy) is 2. The summed E-state index contributed by atoms with van der Waals surface area (Å²) in [6, 6.07) is 15.2. The van der Waals surface area contributed by atoms with Gasteiger partial charge in [0.15, 0.2) is 5.78 Å². The van der Waals surface area contributed by atoms with E-state index in [1.807, 2.05) is 30.3 Å². The van der Waals surface area contributed by atoms with E-state index in [1.54, 1.807) is 19.2 Å². The Balaban J connectivity index is 1.95. The van der Waals surface area contributed by atoms with E-state index in [2.05, 4.69) is 6.07 Å². The zero-order valence-corrected chi connectivity index (χ0v) is 11.3. The average Bonchev–Trinajstić information content (AvgIpc) is 2.53. The van der Waals surface area contributed by atoms with Crippen molar-refractivity contribution in [2.24, 2.45) is 0 Å². The minimum Gasteiger partial charge on any atom is -0.497 e. The van der Waals surface area contributed by atoms with Gasteiger partial charge in [0.05, 0.1) is 13.7 Å². The lowest BCUT2D eigenvalue weighted by Gasteiger charge is -2.25. The van der Waals surface area contributed by atoms with Crippen molar-refractivity contribution in [2.45, 2.75) is 12.5 Å². The Morgan fingerprint density at radius 2 is 2.05 bits per heavy atom. The summed E-state index contributed by atoms with van der Waals surface area (Å²) >= 11 is 0. The average molecular weight is 268 g/mol. The fraction of sp³-hybridized carbons (Fsp3) is 0.235. The number of rotatable bonds is 3. The largest absolute Gasteiger partial charge is 0.497 e. The number of carbonyl (C=O) groups is 1. The first-order chi connectivity index (χ1) is 9.79. The maximum absolute atomic E-state index is 12.7. The van der Waals surface area contributed by atoms with Crippen molar-refractivity contribution in [1.82, 2.24) is 0 Å². The maximum atomic E-state index is 12.7. The van der Waals surface area contributed by atoms with Gasteiger partial charge in [-0.05, 0) is 29.7 Å². The molecule has 0 amide bonds. The molecule has 1 heterocycles. The van der Waals surface area contributed by atoms with E-state index in [4.69, 9.17) is 9.47 Å². The Bertz CT molecular complexity index is 634. The molecule has 0 saturated carbocycles. The molecule has 1 aliphatic rings. The first kappa shape index (κ1) is 12.9. The van der Waals surface area contributed by atoms with Gasteiger partial charge in [0.2, 0.25) is 0 Å². The van der Waals surface area contributed by atoms with Gasteiger partial charge in [0.1, 0.15) is 11.9 Å². The molecule has 20 heavy (non-hydrogen) atoms. The first-order valence-corrected chi connectivity index (χ1v) is 6.67. The molecule has 1 aliphatic heterocycles. The lowest BCUT2D eigenvalue weighted by atomic mass is 9.92. The number of methoxy groups -OCH3 is 1. The predicted octanol–water partition coefficient (Wildman–Crippen LogP) is 3.19. The molecule has 0 N–H and O–H groups in total. The van der Waals surface area contributed by atoms with Crippen LogP contribution in [0.4, 0.5) is 0 Å². The van der Waals surface area contributed by atoms with Crippen LogP contribution >= 0.6 is 0 Å². The Hall–Kier alpha value is -2.13. The van der Waals surface area contributed by atoms with Crippen LogP contribution in [0.1, 0.15) is 27.6 Å². The van der Waals surface area contributed by atoms with Gasteiger partial charge in [-0.25, -0.2) is 0 Å². The summed E-state index contributed by atoms with van der Waals surface area (Å²) in [6.07, 6.45) is 0.352. The highest BCUT2D eigenvalue weighted by Gasteiger charge is 2.28. The topological polar surface area (TPSA) is 35.5 Å².